The molecule has 3 aromatic heterocycles. The Morgan fingerprint density at radius 1 is 1.39 bits per heavy atom. The monoisotopic (exact) mass is 243 g/mol. The fourth-order valence-electron chi connectivity index (χ4n) is 1.76. The summed E-state index contributed by atoms with van der Waals surface area (Å²) in [6, 6.07) is 1.93. The van der Waals surface area contributed by atoms with Crippen LogP contribution in [0, 0.1) is 6.92 Å². The number of nitrogens with one attached hydrogen (secondary N) is 2. The summed E-state index contributed by atoms with van der Waals surface area (Å²) in [5.41, 5.74) is 1.64. The van der Waals surface area contributed by atoms with Crippen molar-refractivity contribution in [1.29, 1.82) is 0 Å². The van der Waals surface area contributed by atoms with Crippen LogP contribution in [0.2, 0.25) is 0 Å². The molecule has 2 N–H and O–H groups in total. The third kappa shape index (κ3) is 1.69. The minimum Gasteiger partial charge on any atom is -0.354 e. The molecule has 3 rings (SSSR count). The molecule has 92 valence electrons. The van der Waals surface area contributed by atoms with Gasteiger partial charge in [-0.15, -0.1) is 0 Å². The number of rotatable bonds is 3. The van der Waals surface area contributed by atoms with Crippen molar-refractivity contribution in [3.63, 3.8) is 0 Å². The van der Waals surface area contributed by atoms with E-state index in [0.717, 1.165) is 23.4 Å². The molecular formula is C11H13N7. The van der Waals surface area contributed by atoms with E-state index >= 15 is 0 Å². The van der Waals surface area contributed by atoms with E-state index in [0.29, 0.717) is 11.6 Å². The first-order valence-corrected chi connectivity index (χ1v) is 5.75. The lowest BCUT2D eigenvalue weighted by Crippen LogP contribution is -2.07. The zero-order valence-corrected chi connectivity index (χ0v) is 10.2. The molecule has 7 heteroatoms. The minimum absolute atomic E-state index is 0.567. The minimum atomic E-state index is 0.567. The van der Waals surface area contributed by atoms with E-state index in [-0.39, 0.29) is 0 Å². The second-order valence-electron chi connectivity index (χ2n) is 3.94. The molecule has 0 saturated carbocycles. The van der Waals surface area contributed by atoms with Gasteiger partial charge >= 0.3 is 0 Å². The lowest BCUT2D eigenvalue weighted by molar-refractivity contribution is 0.836. The van der Waals surface area contributed by atoms with E-state index < -0.39 is 0 Å². The number of aromatic amines is 1. The standard InChI is InChI=1S/C11H13N7/c1-3-12-11-14-9-8(6-13-16-9)10(15-11)18-5-4-7(2)17-18/h4-6H,3H2,1-2H3,(H2,12,13,14,15,16). The molecule has 0 aliphatic heterocycles. The number of anilines is 1. The maximum Gasteiger partial charge on any atom is 0.226 e. The van der Waals surface area contributed by atoms with Crippen LogP contribution in [-0.2, 0) is 0 Å². The predicted molar refractivity (Wildman–Crippen MR) is 67.7 cm³/mol. The normalized spacial score (nSPS) is 11.0. The van der Waals surface area contributed by atoms with E-state index in [1.807, 2.05) is 26.1 Å². The van der Waals surface area contributed by atoms with E-state index in [1.165, 1.54) is 0 Å². The van der Waals surface area contributed by atoms with Gasteiger partial charge in [0.05, 0.1) is 17.3 Å². The average Bonchev–Trinajstić information content (AvgIpc) is 2.97. The van der Waals surface area contributed by atoms with Crippen molar-refractivity contribution in [2.24, 2.45) is 0 Å². The highest BCUT2D eigenvalue weighted by molar-refractivity contribution is 5.82. The fraction of sp³-hybridized carbons (Fsp3) is 0.273. The van der Waals surface area contributed by atoms with Crippen LogP contribution in [0.5, 0.6) is 0 Å². The summed E-state index contributed by atoms with van der Waals surface area (Å²) in [4.78, 5) is 8.80. The van der Waals surface area contributed by atoms with E-state index in [4.69, 9.17) is 0 Å². The third-order valence-electron chi connectivity index (χ3n) is 2.56. The summed E-state index contributed by atoms with van der Waals surface area (Å²) in [6.07, 6.45) is 3.58. The van der Waals surface area contributed by atoms with Crippen LogP contribution in [-0.4, -0.2) is 36.5 Å². The molecule has 0 unspecified atom stereocenters. The fourth-order valence-corrected chi connectivity index (χ4v) is 1.76. The molecular weight excluding hydrogens is 230 g/mol. The first kappa shape index (κ1) is 10.7. The molecule has 3 heterocycles. The Balaban J connectivity index is 2.22. The molecule has 0 saturated heterocycles. The number of fused-ring (bicyclic) bond motifs is 1. The Bertz CT molecular complexity index is 682. The maximum atomic E-state index is 4.46. The first-order chi connectivity index (χ1) is 8.78. The molecule has 0 amide bonds. The van der Waals surface area contributed by atoms with Gasteiger partial charge in [0, 0.05) is 12.7 Å². The van der Waals surface area contributed by atoms with Crippen LogP contribution >= 0.6 is 0 Å². The van der Waals surface area contributed by atoms with Crippen LogP contribution in [0.25, 0.3) is 16.9 Å². The lowest BCUT2D eigenvalue weighted by atomic mass is 10.4. The van der Waals surface area contributed by atoms with Crippen LogP contribution in [0.4, 0.5) is 5.95 Å². The number of aromatic nitrogens is 6. The van der Waals surface area contributed by atoms with Gasteiger partial charge in [-0.2, -0.15) is 20.2 Å². The zero-order valence-electron chi connectivity index (χ0n) is 10.2. The Kier molecular flexibility index (Phi) is 2.44. The van der Waals surface area contributed by atoms with Crippen molar-refractivity contribution < 1.29 is 0 Å². The summed E-state index contributed by atoms with van der Waals surface area (Å²) in [7, 11) is 0. The van der Waals surface area contributed by atoms with Gasteiger partial charge in [0.25, 0.3) is 0 Å². The smallest absolute Gasteiger partial charge is 0.226 e. The highest BCUT2D eigenvalue weighted by Gasteiger charge is 2.11. The van der Waals surface area contributed by atoms with E-state index in [1.54, 1.807) is 10.9 Å². The maximum absolute atomic E-state index is 4.46. The van der Waals surface area contributed by atoms with E-state index in [9.17, 15) is 0 Å². The van der Waals surface area contributed by atoms with Crippen LogP contribution < -0.4 is 5.32 Å². The van der Waals surface area contributed by atoms with Crippen molar-refractivity contribution in [1.82, 2.24) is 29.9 Å². The molecule has 0 aliphatic carbocycles. The van der Waals surface area contributed by atoms with Gasteiger partial charge in [-0.1, -0.05) is 0 Å². The zero-order chi connectivity index (χ0) is 12.5. The van der Waals surface area contributed by atoms with Crippen molar-refractivity contribution in [2.75, 3.05) is 11.9 Å². The Morgan fingerprint density at radius 3 is 3.00 bits per heavy atom. The third-order valence-corrected chi connectivity index (χ3v) is 2.56. The van der Waals surface area contributed by atoms with Gasteiger partial charge in [-0.05, 0) is 19.9 Å². The Morgan fingerprint density at radius 2 is 2.28 bits per heavy atom. The van der Waals surface area contributed by atoms with Crippen molar-refractivity contribution in [2.45, 2.75) is 13.8 Å². The molecule has 0 fully saturated rings. The first-order valence-electron chi connectivity index (χ1n) is 5.75. The molecule has 7 nitrogen and oxygen atoms in total. The summed E-state index contributed by atoms with van der Waals surface area (Å²) in [5, 5.41) is 15.2. The second-order valence-corrected chi connectivity index (χ2v) is 3.94. The molecule has 0 spiro atoms. The van der Waals surface area contributed by atoms with Gasteiger partial charge in [0.2, 0.25) is 5.95 Å². The van der Waals surface area contributed by atoms with Crippen LogP contribution in [0.1, 0.15) is 12.6 Å². The number of aryl methyl sites for hydroxylation is 1. The highest BCUT2D eigenvalue weighted by Crippen LogP contribution is 2.18. The molecule has 18 heavy (non-hydrogen) atoms. The summed E-state index contributed by atoms with van der Waals surface area (Å²) in [5.74, 6) is 1.29. The number of hydrogen-bond acceptors (Lipinski definition) is 5. The molecule has 0 aliphatic rings. The van der Waals surface area contributed by atoms with Gasteiger partial charge in [-0.25, -0.2) is 4.68 Å². The van der Waals surface area contributed by atoms with Crippen molar-refractivity contribution in [3.8, 4) is 5.82 Å². The Hall–Kier alpha value is -2.44. The summed E-state index contributed by atoms with van der Waals surface area (Å²) < 4.78 is 1.73. The molecule has 0 bridgehead atoms. The van der Waals surface area contributed by atoms with E-state index in [2.05, 4.69) is 30.6 Å². The van der Waals surface area contributed by atoms with Crippen molar-refractivity contribution >= 4 is 17.0 Å². The lowest BCUT2D eigenvalue weighted by Gasteiger charge is -2.05. The number of nitrogens with zero attached hydrogens (tertiary/aromatic N) is 5. The topological polar surface area (TPSA) is 84.3 Å². The number of H-pyrrole nitrogens is 1. The highest BCUT2D eigenvalue weighted by atomic mass is 15.3. The van der Waals surface area contributed by atoms with Crippen molar-refractivity contribution in [3.05, 3.63) is 24.2 Å². The average molecular weight is 243 g/mol. The molecule has 0 aromatic carbocycles. The summed E-state index contributed by atoms with van der Waals surface area (Å²) >= 11 is 0. The second kappa shape index (κ2) is 4.10. The molecule has 0 atom stereocenters. The van der Waals surface area contributed by atoms with Gasteiger partial charge < -0.3 is 5.32 Å². The van der Waals surface area contributed by atoms with Gasteiger partial charge in [0.1, 0.15) is 0 Å². The SMILES string of the molecule is CCNc1nc(-n2ccc(C)n2)c2cn[nH]c2n1. The number of hydrogen-bond donors (Lipinski definition) is 2. The van der Waals surface area contributed by atoms with Gasteiger partial charge in [0.15, 0.2) is 11.5 Å². The molecule has 0 radical (unpaired) electrons. The largest absolute Gasteiger partial charge is 0.354 e. The summed E-state index contributed by atoms with van der Waals surface area (Å²) in [6.45, 7) is 4.70. The Labute approximate surface area is 103 Å². The van der Waals surface area contributed by atoms with Crippen LogP contribution in [0.3, 0.4) is 0 Å². The predicted octanol–water partition coefficient (Wildman–Crippen LogP) is 1.28. The van der Waals surface area contributed by atoms with Gasteiger partial charge in [-0.3, -0.25) is 5.10 Å². The van der Waals surface area contributed by atoms with Crippen LogP contribution in [0.15, 0.2) is 18.5 Å². The quantitative estimate of drug-likeness (QED) is 0.723. The molecule has 3 aromatic rings.